The number of aromatic amines is 1. The average Bonchev–Trinajstić information content (AvgIpc) is 3.11. The molecule has 132 valence electrons. The van der Waals surface area contributed by atoms with Crippen molar-refractivity contribution in [3.63, 3.8) is 0 Å². The van der Waals surface area contributed by atoms with Crippen molar-refractivity contribution in [2.45, 2.75) is 39.7 Å². The van der Waals surface area contributed by atoms with E-state index in [1.54, 1.807) is 13.4 Å². The first kappa shape index (κ1) is 17.1. The Hall–Kier alpha value is -2.77. The van der Waals surface area contributed by atoms with E-state index in [4.69, 9.17) is 4.74 Å². The lowest BCUT2D eigenvalue weighted by molar-refractivity contribution is 0.352. The molecule has 0 saturated heterocycles. The summed E-state index contributed by atoms with van der Waals surface area (Å²) in [5, 5.41) is 18.9. The Morgan fingerprint density at radius 2 is 2.08 bits per heavy atom. The number of fused-ring (bicyclic) bond motifs is 1. The van der Waals surface area contributed by atoms with E-state index >= 15 is 0 Å². The maximum absolute atomic E-state index is 5.26. The number of methoxy groups -OCH3 is 1. The highest BCUT2D eigenvalue weighted by molar-refractivity contribution is 5.89. The van der Waals surface area contributed by atoms with E-state index in [0.717, 1.165) is 35.3 Å². The van der Waals surface area contributed by atoms with Crippen LogP contribution in [0, 0.1) is 5.41 Å². The van der Waals surface area contributed by atoms with Gasteiger partial charge in [-0.25, -0.2) is 9.97 Å². The molecule has 0 fully saturated rings. The van der Waals surface area contributed by atoms with Crippen molar-refractivity contribution in [1.29, 1.82) is 0 Å². The minimum Gasteiger partial charge on any atom is -0.497 e. The number of anilines is 1. The lowest BCUT2D eigenvalue weighted by Gasteiger charge is -2.23. The molecule has 0 aliphatic rings. The van der Waals surface area contributed by atoms with E-state index in [1.165, 1.54) is 0 Å². The number of ether oxygens (including phenoxy) is 1. The van der Waals surface area contributed by atoms with E-state index in [9.17, 15) is 0 Å². The molecule has 0 radical (unpaired) electrons. The van der Waals surface area contributed by atoms with Gasteiger partial charge in [0.15, 0.2) is 5.82 Å². The minimum absolute atomic E-state index is 0.0850. The van der Waals surface area contributed by atoms with Gasteiger partial charge in [-0.15, -0.1) is 10.2 Å². The SMILES string of the molecule is COc1ccc2c(NC(CCC(C)(C)C)c3nn[nH]n3)ncnc2c1. The summed E-state index contributed by atoms with van der Waals surface area (Å²) in [4.78, 5) is 8.73. The van der Waals surface area contributed by atoms with Crippen LogP contribution in [0.4, 0.5) is 5.82 Å². The summed E-state index contributed by atoms with van der Waals surface area (Å²) in [6.45, 7) is 6.64. The molecule has 0 aliphatic heterocycles. The molecule has 3 rings (SSSR count). The summed E-state index contributed by atoms with van der Waals surface area (Å²) in [7, 11) is 1.64. The number of H-pyrrole nitrogens is 1. The second-order valence-electron chi connectivity index (χ2n) is 7.17. The quantitative estimate of drug-likeness (QED) is 0.710. The molecule has 1 unspecified atom stereocenters. The molecule has 0 aliphatic carbocycles. The smallest absolute Gasteiger partial charge is 0.196 e. The lowest BCUT2D eigenvalue weighted by Crippen LogP contribution is -2.17. The zero-order valence-electron chi connectivity index (χ0n) is 14.9. The van der Waals surface area contributed by atoms with Gasteiger partial charge in [0.1, 0.15) is 17.9 Å². The molecule has 8 nitrogen and oxygen atoms in total. The number of nitrogens with zero attached hydrogens (tertiary/aromatic N) is 5. The number of benzene rings is 1. The Bertz CT molecular complexity index is 827. The number of rotatable bonds is 6. The van der Waals surface area contributed by atoms with Crippen LogP contribution in [0.25, 0.3) is 10.9 Å². The summed E-state index contributed by atoms with van der Waals surface area (Å²) in [5.41, 5.74) is 1.03. The van der Waals surface area contributed by atoms with E-state index in [1.807, 2.05) is 18.2 Å². The van der Waals surface area contributed by atoms with Crippen molar-refractivity contribution in [1.82, 2.24) is 30.6 Å². The zero-order valence-corrected chi connectivity index (χ0v) is 14.9. The predicted octanol–water partition coefficient (Wildman–Crippen LogP) is 3.13. The molecular formula is C17H23N7O. The molecule has 2 aromatic heterocycles. The fourth-order valence-electron chi connectivity index (χ4n) is 2.60. The van der Waals surface area contributed by atoms with Gasteiger partial charge in [0, 0.05) is 11.5 Å². The summed E-state index contributed by atoms with van der Waals surface area (Å²) in [6, 6.07) is 5.65. The van der Waals surface area contributed by atoms with Crippen molar-refractivity contribution >= 4 is 16.7 Å². The average molecular weight is 341 g/mol. The van der Waals surface area contributed by atoms with Crippen molar-refractivity contribution in [2.75, 3.05) is 12.4 Å². The molecule has 0 spiro atoms. The molecule has 3 aromatic rings. The third kappa shape index (κ3) is 4.20. The maximum atomic E-state index is 5.26. The highest BCUT2D eigenvalue weighted by Crippen LogP contribution is 2.30. The standard InChI is InChI=1S/C17H23N7O/c1-17(2,3)8-7-13(16-21-23-24-22-16)20-15-12-6-5-11(25-4)9-14(12)18-10-19-15/h5-6,9-10,13H,7-8H2,1-4H3,(H,18,19,20)(H,21,22,23,24). The van der Waals surface area contributed by atoms with Gasteiger partial charge in [0.05, 0.1) is 18.7 Å². The lowest BCUT2D eigenvalue weighted by atomic mass is 9.88. The van der Waals surface area contributed by atoms with Crippen LogP contribution < -0.4 is 10.1 Å². The maximum Gasteiger partial charge on any atom is 0.196 e. The van der Waals surface area contributed by atoms with Gasteiger partial charge in [0.25, 0.3) is 0 Å². The predicted molar refractivity (Wildman–Crippen MR) is 95.3 cm³/mol. The van der Waals surface area contributed by atoms with E-state index in [0.29, 0.717) is 5.82 Å². The van der Waals surface area contributed by atoms with Gasteiger partial charge >= 0.3 is 0 Å². The normalized spacial score (nSPS) is 13.0. The largest absolute Gasteiger partial charge is 0.497 e. The Balaban J connectivity index is 1.90. The summed E-state index contributed by atoms with van der Waals surface area (Å²) in [6.07, 6.45) is 3.42. The van der Waals surface area contributed by atoms with Crippen LogP contribution in [0.2, 0.25) is 0 Å². The first-order valence-corrected chi connectivity index (χ1v) is 8.25. The van der Waals surface area contributed by atoms with Crippen LogP contribution in [0.3, 0.4) is 0 Å². The van der Waals surface area contributed by atoms with Gasteiger partial charge in [-0.3, -0.25) is 0 Å². The second-order valence-corrected chi connectivity index (χ2v) is 7.17. The Morgan fingerprint density at radius 3 is 2.76 bits per heavy atom. The molecule has 0 amide bonds. The fourth-order valence-corrected chi connectivity index (χ4v) is 2.60. The molecule has 2 heterocycles. The number of aromatic nitrogens is 6. The third-order valence-electron chi connectivity index (χ3n) is 4.01. The Morgan fingerprint density at radius 1 is 1.24 bits per heavy atom. The number of tetrazole rings is 1. The summed E-state index contributed by atoms with van der Waals surface area (Å²) in [5.74, 6) is 2.14. The van der Waals surface area contributed by atoms with Crippen molar-refractivity contribution in [2.24, 2.45) is 5.41 Å². The van der Waals surface area contributed by atoms with Gasteiger partial charge in [-0.2, -0.15) is 5.21 Å². The van der Waals surface area contributed by atoms with Crippen LogP contribution in [0.5, 0.6) is 5.75 Å². The van der Waals surface area contributed by atoms with Crippen LogP contribution in [-0.4, -0.2) is 37.7 Å². The molecule has 0 saturated carbocycles. The molecular weight excluding hydrogens is 318 g/mol. The van der Waals surface area contributed by atoms with E-state index in [2.05, 4.69) is 56.7 Å². The van der Waals surface area contributed by atoms with Crippen molar-refractivity contribution < 1.29 is 4.74 Å². The first-order valence-electron chi connectivity index (χ1n) is 8.25. The highest BCUT2D eigenvalue weighted by Gasteiger charge is 2.21. The van der Waals surface area contributed by atoms with Crippen molar-refractivity contribution in [3.8, 4) is 5.75 Å². The molecule has 1 atom stereocenters. The first-order chi connectivity index (χ1) is 12.0. The van der Waals surface area contributed by atoms with Crippen LogP contribution in [0.15, 0.2) is 24.5 Å². The van der Waals surface area contributed by atoms with Gasteiger partial charge in [-0.05, 0) is 30.4 Å². The van der Waals surface area contributed by atoms with Crippen LogP contribution in [-0.2, 0) is 0 Å². The minimum atomic E-state index is -0.0850. The van der Waals surface area contributed by atoms with Crippen LogP contribution >= 0.6 is 0 Å². The topological polar surface area (TPSA) is 102 Å². The molecule has 0 bridgehead atoms. The third-order valence-corrected chi connectivity index (χ3v) is 4.01. The van der Waals surface area contributed by atoms with Gasteiger partial charge < -0.3 is 10.1 Å². The zero-order chi connectivity index (χ0) is 17.9. The Kier molecular flexibility index (Phi) is 4.78. The van der Waals surface area contributed by atoms with E-state index in [-0.39, 0.29) is 11.5 Å². The number of hydrogen-bond acceptors (Lipinski definition) is 7. The monoisotopic (exact) mass is 341 g/mol. The van der Waals surface area contributed by atoms with Crippen LogP contribution in [0.1, 0.15) is 45.5 Å². The number of hydrogen-bond donors (Lipinski definition) is 2. The molecule has 1 aromatic carbocycles. The summed E-state index contributed by atoms with van der Waals surface area (Å²) >= 11 is 0. The number of nitrogens with one attached hydrogen (secondary N) is 2. The summed E-state index contributed by atoms with van der Waals surface area (Å²) < 4.78 is 5.26. The van der Waals surface area contributed by atoms with Crippen molar-refractivity contribution in [3.05, 3.63) is 30.4 Å². The Labute approximate surface area is 146 Å². The van der Waals surface area contributed by atoms with Gasteiger partial charge in [-0.1, -0.05) is 26.0 Å². The second kappa shape index (κ2) is 7.00. The fraction of sp³-hybridized carbons (Fsp3) is 0.471. The molecule has 25 heavy (non-hydrogen) atoms. The molecule has 8 heteroatoms. The highest BCUT2D eigenvalue weighted by atomic mass is 16.5. The van der Waals surface area contributed by atoms with Gasteiger partial charge in [0.2, 0.25) is 0 Å². The molecule has 2 N–H and O–H groups in total. The van der Waals surface area contributed by atoms with E-state index < -0.39 is 0 Å².